The van der Waals surface area contributed by atoms with Crippen LogP contribution in [0, 0.1) is 28.6 Å². The van der Waals surface area contributed by atoms with E-state index in [1.54, 1.807) is 23.9 Å². The molecular formula is C26H34O3S. The molecule has 162 valence electrons. The fourth-order valence-corrected chi connectivity index (χ4v) is 8.86. The molecule has 4 aliphatic rings. The second-order valence-corrected chi connectivity index (χ2v) is 11.8. The summed E-state index contributed by atoms with van der Waals surface area (Å²) in [6, 6.07) is 7.32. The van der Waals surface area contributed by atoms with Crippen LogP contribution in [0.25, 0.3) is 0 Å². The maximum atomic E-state index is 12.0. The largest absolute Gasteiger partial charge is 0.508 e. The SMILES string of the molecule is C[C@]12CCC(=O)C=C1CC[C@@H]1[C@@H]2CC[C@@]2(C)[C@H]1CC[C@@]2(O)CSc1ccc(O)cc1. The number of fused-ring (bicyclic) bond motifs is 5. The molecule has 6 atom stereocenters. The third kappa shape index (κ3) is 3.01. The molecule has 4 aliphatic carbocycles. The molecule has 0 spiro atoms. The molecule has 0 unspecified atom stereocenters. The van der Waals surface area contributed by atoms with Crippen molar-refractivity contribution in [3.05, 3.63) is 35.9 Å². The van der Waals surface area contributed by atoms with Gasteiger partial charge in [0.25, 0.3) is 0 Å². The number of rotatable bonds is 3. The van der Waals surface area contributed by atoms with E-state index in [9.17, 15) is 15.0 Å². The predicted molar refractivity (Wildman–Crippen MR) is 120 cm³/mol. The molecule has 3 saturated carbocycles. The maximum absolute atomic E-state index is 12.0. The lowest BCUT2D eigenvalue weighted by atomic mass is 9.46. The zero-order valence-corrected chi connectivity index (χ0v) is 19.0. The zero-order chi connectivity index (χ0) is 21.1. The highest BCUT2D eigenvalue weighted by molar-refractivity contribution is 7.99. The fourth-order valence-electron chi connectivity index (χ4n) is 7.65. The predicted octanol–water partition coefficient (Wildman–Crippen LogP) is 5.75. The number of phenols is 1. The van der Waals surface area contributed by atoms with Crippen LogP contribution in [-0.2, 0) is 4.79 Å². The van der Waals surface area contributed by atoms with Crippen molar-refractivity contribution in [1.29, 1.82) is 0 Å². The summed E-state index contributed by atoms with van der Waals surface area (Å²) in [5.74, 6) is 3.25. The van der Waals surface area contributed by atoms with Gasteiger partial charge in [-0.2, -0.15) is 0 Å². The van der Waals surface area contributed by atoms with Crippen molar-refractivity contribution in [3.8, 4) is 5.75 Å². The van der Waals surface area contributed by atoms with Crippen molar-refractivity contribution >= 4 is 17.5 Å². The molecule has 1 aromatic carbocycles. The van der Waals surface area contributed by atoms with Crippen molar-refractivity contribution in [2.45, 2.75) is 75.7 Å². The second-order valence-electron chi connectivity index (χ2n) is 10.8. The topological polar surface area (TPSA) is 57.5 Å². The summed E-state index contributed by atoms with van der Waals surface area (Å²) >= 11 is 1.72. The Morgan fingerprint density at radius 1 is 1.00 bits per heavy atom. The molecule has 3 fully saturated rings. The third-order valence-corrected chi connectivity index (χ3v) is 10.8. The van der Waals surface area contributed by atoms with E-state index in [1.807, 2.05) is 18.2 Å². The molecule has 0 heterocycles. The van der Waals surface area contributed by atoms with Gasteiger partial charge >= 0.3 is 0 Å². The van der Waals surface area contributed by atoms with Crippen molar-refractivity contribution < 1.29 is 15.0 Å². The normalized spacial score (nSPS) is 42.8. The number of ketones is 1. The van der Waals surface area contributed by atoms with Gasteiger partial charge < -0.3 is 10.2 Å². The number of thioether (sulfide) groups is 1. The molecule has 0 aromatic heterocycles. The molecule has 1 aromatic rings. The van der Waals surface area contributed by atoms with Gasteiger partial charge in [-0.15, -0.1) is 11.8 Å². The Morgan fingerprint density at radius 3 is 2.50 bits per heavy atom. The monoisotopic (exact) mass is 426 g/mol. The quantitative estimate of drug-likeness (QED) is 0.605. The minimum atomic E-state index is -0.634. The average molecular weight is 427 g/mol. The van der Waals surface area contributed by atoms with E-state index in [-0.39, 0.29) is 16.6 Å². The Kier molecular flexibility index (Phi) is 4.90. The summed E-state index contributed by atoms with van der Waals surface area (Å²) in [5, 5.41) is 21.4. The van der Waals surface area contributed by atoms with E-state index in [0.29, 0.717) is 30.0 Å². The van der Waals surface area contributed by atoms with Crippen LogP contribution >= 0.6 is 11.8 Å². The van der Waals surface area contributed by atoms with Crippen molar-refractivity contribution in [1.82, 2.24) is 0 Å². The van der Waals surface area contributed by atoms with Crippen LogP contribution in [-0.4, -0.2) is 27.4 Å². The number of carbonyl (C=O) groups excluding carboxylic acids is 1. The first-order chi connectivity index (χ1) is 14.3. The molecule has 0 bridgehead atoms. The Hall–Kier alpha value is -1.26. The Bertz CT molecular complexity index is 877. The van der Waals surface area contributed by atoms with Crippen LogP contribution < -0.4 is 0 Å². The van der Waals surface area contributed by atoms with Crippen LogP contribution in [0.2, 0.25) is 0 Å². The highest BCUT2D eigenvalue weighted by Crippen LogP contribution is 2.67. The minimum Gasteiger partial charge on any atom is -0.508 e. The van der Waals surface area contributed by atoms with E-state index in [2.05, 4.69) is 13.8 Å². The van der Waals surface area contributed by atoms with Gasteiger partial charge in [0.05, 0.1) is 5.60 Å². The number of benzene rings is 1. The van der Waals surface area contributed by atoms with Gasteiger partial charge in [0, 0.05) is 22.5 Å². The Balaban J connectivity index is 1.36. The van der Waals surface area contributed by atoms with E-state index in [4.69, 9.17) is 0 Å². The second kappa shape index (κ2) is 7.13. The van der Waals surface area contributed by atoms with Crippen LogP contribution in [0.5, 0.6) is 5.75 Å². The lowest BCUT2D eigenvalue weighted by Gasteiger charge is -2.59. The number of aliphatic hydroxyl groups is 1. The van der Waals surface area contributed by atoms with Gasteiger partial charge in [-0.1, -0.05) is 19.4 Å². The van der Waals surface area contributed by atoms with Gasteiger partial charge in [0.2, 0.25) is 0 Å². The summed E-state index contributed by atoms with van der Waals surface area (Å²) in [6.45, 7) is 4.78. The number of allylic oxidation sites excluding steroid dienone is 1. The molecule has 0 amide bonds. The first kappa shape index (κ1) is 20.6. The standard InChI is InChI=1S/C26H34O3S/c1-24-12-9-19(28)15-17(24)3-8-21-22(24)10-13-25(2)23(21)11-14-26(25,29)16-30-20-6-4-18(27)5-7-20/h4-7,15,21-23,27,29H,3,8-14,16H2,1-2H3/t21-,22+,23+,24+,25+,26-/m1/s1. The first-order valence-electron chi connectivity index (χ1n) is 11.6. The van der Waals surface area contributed by atoms with Crippen molar-refractivity contribution in [2.75, 3.05) is 5.75 Å². The van der Waals surface area contributed by atoms with Gasteiger partial charge in [0.15, 0.2) is 5.78 Å². The smallest absolute Gasteiger partial charge is 0.155 e. The fraction of sp³-hybridized carbons (Fsp3) is 0.654. The molecule has 30 heavy (non-hydrogen) atoms. The summed E-state index contributed by atoms with van der Waals surface area (Å²) < 4.78 is 0. The highest BCUT2D eigenvalue weighted by atomic mass is 32.2. The lowest BCUT2D eigenvalue weighted by Crippen LogP contribution is -2.55. The summed E-state index contributed by atoms with van der Waals surface area (Å²) in [7, 11) is 0. The van der Waals surface area contributed by atoms with Crippen molar-refractivity contribution in [2.24, 2.45) is 28.6 Å². The van der Waals surface area contributed by atoms with Crippen LogP contribution in [0.3, 0.4) is 0 Å². The van der Waals surface area contributed by atoms with E-state index >= 15 is 0 Å². The molecule has 0 aliphatic heterocycles. The number of hydrogen-bond acceptors (Lipinski definition) is 4. The molecular weight excluding hydrogens is 392 g/mol. The van der Waals surface area contributed by atoms with Gasteiger partial charge in [-0.25, -0.2) is 0 Å². The van der Waals surface area contributed by atoms with E-state index in [1.165, 1.54) is 18.4 Å². The molecule has 4 heteroatoms. The van der Waals surface area contributed by atoms with Crippen LogP contribution in [0.4, 0.5) is 0 Å². The van der Waals surface area contributed by atoms with Crippen LogP contribution in [0.15, 0.2) is 40.8 Å². The molecule has 0 radical (unpaired) electrons. The lowest BCUT2D eigenvalue weighted by molar-refractivity contribution is -0.123. The van der Waals surface area contributed by atoms with Crippen LogP contribution in [0.1, 0.15) is 65.2 Å². The third-order valence-electron chi connectivity index (χ3n) is 9.60. The van der Waals surface area contributed by atoms with E-state index in [0.717, 1.165) is 42.8 Å². The summed E-state index contributed by atoms with van der Waals surface area (Å²) in [4.78, 5) is 13.1. The molecule has 3 nitrogen and oxygen atoms in total. The maximum Gasteiger partial charge on any atom is 0.155 e. The first-order valence-corrected chi connectivity index (χ1v) is 12.6. The number of aromatic hydroxyl groups is 1. The highest BCUT2D eigenvalue weighted by Gasteiger charge is 2.63. The molecule has 0 saturated heterocycles. The van der Waals surface area contributed by atoms with Gasteiger partial charge in [-0.3, -0.25) is 4.79 Å². The number of phenolic OH excluding ortho intramolecular Hbond substituents is 1. The Morgan fingerprint density at radius 2 is 1.73 bits per heavy atom. The minimum absolute atomic E-state index is 0.0276. The van der Waals surface area contributed by atoms with E-state index < -0.39 is 5.60 Å². The number of hydrogen-bond donors (Lipinski definition) is 2. The molecule has 2 N–H and O–H groups in total. The summed E-state index contributed by atoms with van der Waals surface area (Å²) in [5.41, 5.74) is 0.949. The van der Waals surface area contributed by atoms with Gasteiger partial charge in [0.1, 0.15) is 5.75 Å². The Labute approximate surface area is 184 Å². The average Bonchev–Trinajstić information content (AvgIpc) is 2.99. The zero-order valence-electron chi connectivity index (χ0n) is 18.2. The van der Waals surface area contributed by atoms with Gasteiger partial charge in [-0.05, 0) is 98.5 Å². The molecule has 5 rings (SSSR count). The number of carbonyl (C=O) groups is 1. The summed E-state index contributed by atoms with van der Waals surface area (Å²) in [6.07, 6.45) is 10.2. The van der Waals surface area contributed by atoms with Crippen molar-refractivity contribution in [3.63, 3.8) is 0 Å².